The van der Waals surface area contributed by atoms with Gasteiger partial charge in [-0.25, -0.2) is 13.1 Å². The average Bonchev–Trinajstić information content (AvgIpc) is 2.39. The van der Waals surface area contributed by atoms with Crippen LogP contribution in [0.25, 0.3) is 0 Å². The van der Waals surface area contributed by atoms with Crippen molar-refractivity contribution < 1.29 is 13.2 Å². The molecule has 0 saturated heterocycles. The number of carbonyl (C=O) groups excluding carboxylic acids is 1. The van der Waals surface area contributed by atoms with Gasteiger partial charge in [-0.1, -0.05) is 32.0 Å². The van der Waals surface area contributed by atoms with E-state index in [4.69, 9.17) is 0 Å². The van der Waals surface area contributed by atoms with Crippen molar-refractivity contribution in [2.24, 2.45) is 5.92 Å². The number of hydrogen-bond donors (Lipinski definition) is 2. The second-order valence-corrected chi connectivity index (χ2v) is 6.83. The molecule has 1 aromatic carbocycles. The summed E-state index contributed by atoms with van der Waals surface area (Å²) >= 11 is 0. The molecule has 0 fully saturated rings. The molecule has 0 saturated carbocycles. The van der Waals surface area contributed by atoms with Gasteiger partial charge in [-0.15, -0.1) is 0 Å². The zero-order chi connectivity index (χ0) is 15.2. The van der Waals surface area contributed by atoms with Gasteiger partial charge in [-0.2, -0.15) is 0 Å². The molecule has 0 aliphatic carbocycles. The summed E-state index contributed by atoms with van der Waals surface area (Å²) < 4.78 is 26.2. The molecule has 0 heterocycles. The summed E-state index contributed by atoms with van der Waals surface area (Å²) in [6.07, 6.45) is 0.128. The minimum absolute atomic E-state index is 0.0771. The maximum Gasteiger partial charge on any atom is 0.240 e. The van der Waals surface area contributed by atoms with E-state index in [1.165, 1.54) is 12.1 Å². The van der Waals surface area contributed by atoms with Crippen LogP contribution >= 0.6 is 0 Å². The quantitative estimate of drug-likeness (QED) is 0.801. The molecular formula is C14H22N2O3S. The zero-order valence-electron chi connectivity index (χ0n) is 12.1. The molecule has 1 unspecified atom stereocenters. The first-order valence-electron chi connectivity index (χ1n) is 6.67. The highest BCUT2D eigenvalue weighted by Gasteiger charge is 2.14. The smallest absolute Gasteiger partial charge is 0.240 e. The van der Waals surface area contributed by atoms with Crippen molar-refractivity contribution in [3.05, 3.63) is 30.3 Å². The van der Waals surface area contributed by atoms with Crippen LogP contribution in [0.5, 0.6) is 0 Å². The van der Waals surface area contributed by atoms with E-state index >= 15 is 0 Å². The fraction of sp³-hybridized carbons (Fsp3) is 0.500. The summed E-state index contributed by atoms with van der Waals surface area (Å²) in [5.74, 6) is 0.196. The van der Waals surface area contributed by atoms with Crippen molar-refractivity contribution in [2.45, 2.75) is 38.1 Å². The molecule has 5 nitrogen and oxygen atoms in total. The Morgan fingerprint density at radius 1 is 1.15 bits per heavy atom. The van der Waals surface area contributed by atoms with Crippen molar-refractivity contribution >= 4 is 15.9 Å². The van der Waals surface area contributed by atoms with Crippen molar-refractivity contribution in [3.63, 3.8) is 0 Å². The summed E-state index contributed by atoms with van der Waals surface area (Å²) in [6.45, 7) is 6.05. The number of benzene rings is 1. The number of hydrogen-bond acceptors (Lipinski definition) is 3. The Morgan fingerprint density at radius 3 is 2.30 bits per heavy atom. The van der Waals surface area contributed by atoms with Crippen LogP contribution < -0.4 is 10.0 Å². The second kappa shape index (κ2) is 7.40. The summed E-state index contributed by atoms with van der Waals surface area (Å²) in [5.41, 5.74) is 0. The molecule has 20 heavy (non-hydrogen) atoms. The molecular weight excluding hydrogens is 276 g/mol. The SMILES string of the molecule is CC(C)C(C)NC(=O)CCNS(=O)(=O)c1ccccc1. The van der Waals surface area contributed by atoms with Crippen LogP contribution in [0, 0.1) is 5.92 Å². The van der Waals surface area contributed by atoms with Gasteiger partial charge in [-0.05, 0) is 25.0 Å². The number of rotatable bonds is 7. The standard InChI is InChI=1S/C14H22N2O3S/c1-11(2)12(3)16-14(17)9-10-15-20(18,19)13-7-5-4-6-8-13/h4-8,11-12,15H,9-10H2,1-3H3,(H,16,17). The van der Waals surface area contributed by atoms with Crippen LogP contribution in [0.3, 0.4) is 0 Å². The van der Waals surface area contributed by atoms with Crippen LogP contribution in [0.1, 0.15) is 27.2 Å². The average molecular weight is 298 g/mol. The van der Waals surface area contributed by atoms with E-state index in [0.29, 0.717) is 5.92 Å². The van der Waals surface area contributed by atoms with E-state index in [9.17, 15) is 13.2 Å². The van der Waals surface area contributed by atoms with Crippen molar-refractivity contribution in [1.29, 1.82) is 0 Å². The van der Waals surface area contributed by atoms with Crippen LogP contribution in [0.15, 0.2) is 35.2 Å². The lowest BCUT2D eigenvalue weighted by molar-refractivity contribution is -0.121. The van der Waals surface area contributed by atoms with Gasteiger partial charge >= 0.3 is 0 Å². The molecule has 0 aliphatic rings. The Labute approximate surface area is 120 Å². The normalized spacial score (nSPS) is 13.2. The van der Waals surface area contributed by atoms with Gasteiger partial charge in [0.2, 0.25) is 15.9 Å². The Kier molecular flexibility index (Phi) is 6.16. The van der Waals surface area contributed by atoms with Crippen LogP contribution in [-0.4, -0.2) is 26.9 Å². The molecule has 0 bridgehead atoms. The Bertz CT molecular complexity index is 527. The van der Waals surface area contributed by atoms with Gasteiger partial charge in [0, 0.05) is 19.0 Å². The van der Waals surface area contributed by atoms with Gasteiger partial charge < -0.3 is 5.32 Å². The molecule has 0 radical (unpaired) electrons. The van der Waals surface area contributed by atoms with Gasteiger partial charge in [0.15, 0.2) is 0 Å². The van der Waals surface area contributed by atoms with Crippen LogP contribution in [-0.2, 0) is 14.8 Å². The van der Waals surface area contributed by atoms with E-state index in [1.54, 1.807) is 18.2 Å². The largest absolute Gasteiger partial charge is 0.353 e. The molecule has 0 aromatic heterocycles. The lowest BCUT2D eigenvalue weighted by atomic mass is 10.1. The van der Waals surface area contributed by atoms with Crippen LogP contribution in [0.2, 0.25) is 0 Å². The van der Waals surface area contributed by atoms with Gasteiger partial charge in [-0.3, -0.25) is 4.79 Å². The van der Waals surface area contributed by atoms with Gasteiger partial charge in [0.25, 0.3) is 0 Å². The topological polar surface area (TPSA) is 75.3 Å². The third kappa shape index (κ3) is 5.30. The van der Waals surface area contributed by atoms with E-state index < -0.39 is 10.0 Å². The van der Waals surface area contributed by atoms with Gasteiger partial charge in [0.1, 0.15) is 0 Å². The third-order valence-electron chi connectivity index (χ3n) is 3.09. The molecule has 6 heteroatoms. The minimum atomic E-state index is -3.53. The number of amides is 1. The Morgan fingerprint density at radius 2 is 1.75 bits per heavy atom. The minimum Gasteiger partial charge on any atom is -0.353 e. The third-order valence-corrected chi connectivity index (χ3v) is 4.56. The summed E-state index contributed by atoms with van der Waals surface area (Å²) in [5, 5.41) is 2.83. The zero-order valence-corrected chi connectivity index (χ0v) is 12.9. The van der Waals surface area contributed by atoms with E-state index in [0.717, 1.165) is 0 Å². The van der Waals surface area contributed by atoms with E-state index in [-0.39, 0.29) is 29.8 Å². The highest BCUT2D eigenvalue weighted by atomic mass is 32.2. The van der Waals surface area contributed by atoms with Crippen molar-refractivity contribution in [1.82, 2.24) is 10.0 Å². The number of nitrogens with one attached hydrogen (secondary N) is 2. The molecule has 112 valence electrons. The fourth-order valence-corrected chi connectivity index (χ4v) is 2.53. The molecule has 1 atom stereocenters. The number of carbonyl (C=O) groups is 1. The highest BCUT2D eigenvalue weighted by Crippen LogP contribution is 2.06. The molecule has 1 amide bonds. The lowest BCUT2D eigenvalue weighted by Crippen LogP contribution is -2.38. The van der Waals surface area contributed by atoms with Crippen molar-refractivity contribution in [2.75, 3.05) is 6.54 Å². The predicted molar refractivity (Wildman–Crippen MR) is 78.7 cm³/mol. The van der Waals surface area contributed by atoms with Crippen LogP contribution in [0.4, 0.5) is 0 Å². The first kappa shape index (κ1) is 16.7. The predicted octanol–water partition coefficient (Wildman–Crippen LogP) is 1.52. The molecule has 0 spiro atoms. The summed E-state index contributed by atoms with van der Waals surface area (Å²) in [6, 6.07) is 8.18. The summed E-state index contributed by atoms with van der Waals surface area (Å²) in [4.78, 5) is 11.8. The Hall–Kier alpha value is -1.40. The second-order valence-electron chi connectivity index (χ2n) is 5.06. The maximum absolute atomic E-state index is 11.9. The highest BCUT2D eigenvalue weighted by molar-refractivity contribution is 7.89. The lowest BCUT2D eigenvalue weighted by Gasteiger charge is -2.17. The van der Waals surface area contributed by atoms with Crippen molar-refractivity contribution in [3.8, 4) is 0 Å². The van der Waals surface area contributed by atoms with E-state index in [2.05, 4.69) is 10.0 Å². The fourth-order valence-electron chi connectivity index (χ4n) is 1.47. The number of sulfonamides is 1. The molecule has 2 N–H and O–H groups in total. The molecule has 0 aliphatic heterocycles. The van der Waals surface area contributed by atoms with E-state index in [1.807, 2.05) is 20.8 Å². The first-order chi connectivity index (χ1) is 9.33. The first-order valence-corrected chi connectivity index (χ1v) is 8.15. The molecule has 1 aromatic rings. The summed E-state index contributed by atoms with van der Waals surface area (Å²) in [7, 11) is -3.53. The Balaban J connectivity index is 2.43. The van der Waals surface area contributed by atoms with Gasteiger partial charge in [0.05, 0.1) is 4.90 Å². The molecule has 1 rings (SSSR count). The maximum atomic E-state index is 11.9. The monoisotopic (exact) mass is 298 g/mol.